The number of rotatable bonds is 8. The van der Waals surface area contributed by atoms with Crippen LogP contribution in [0.4, 0.5) is 4.39 Å². The highest BCUT2D eigenvalue weighted by atomic mass is 19.1. The molecule has 3 atom stereocenters. The summed E-state index contributed by atoms with van der Waals surface area (Å²) in [6.07, 6.45) is 7.75. The number of nitrogens with zero attached hydrogens (tertiary/aromatic N) is 4. The number of halogens is 1. The molecule has 32 heavy (non-hydrogen) atoms. The normalized spacial score (nSPS) is 21.2. The molecular formula is C25H32FN5O. The fourth-order valence-electron chi connectivity index (χ4n) is 4.71. The zero-order valence-electron chi connectivity index (χ0n) is 19.3. The maximum absolute atomic E-state index is 13.1. The summed E-state index contributed by atoms with van der Waals surface area (Å²) in [5, 5.41) is 12.1. The van der Waals surface area contributed by atoms with Gasteiger partial charge in [0.25, 0.3) is 5.89 Å². The van der Waals surface area contributed by atoms with Gasteiger partial charge in [-0.2, -0.15) is 0 Å². The van der Waals surface area contributed by atoms with Crippen molar-refractivity contribution in [2.24, 2.45) is 30.7 Å². The summed E-state index contributed by atoms with van der Waals surface area (Å²) >= 11 is 0. The predicted octanol–water partition coefficient (Wildman–Crippen LogP) is 4.80. The highest BCUT2D eigenvalue weighted by Crippen LogP contribution is 2.38. The largest absolute Gasteiger partial charge is 0.419 e. The van der Waals surface area contributed by atoms with E-state index in [1.807, 2.05) is 23.7 Å². The van der Waals surface area contributed by atoms with Crippen LogP contribution in [-0.4, -0.2) is 26.3 Å². The van der Waals surface area contributed by atoms with E-state index in [0.29, 0.717) is 35.5 Å². The van der Waals surface area contributed by atoms with E-state index in [2.05, 4.69) is 47.3 Å². The quantitative estimate of drug-likeness (QED) is 0.513. The van der Waals surface area contributed by atoms with Crippen molar-refractivity contribution in [1.82, 2.24) is 25.1 Å². The zero-order chi connectivity index (χ0) is 22.7. The molecular weight excluding hydrogens is 405 g/mol. The van der Waals surface area contributed by atoms with Gasteiger partial charge in [0.05, 0.1) is 12.5 Å². The van der Waals surface area contributed by atoms with E-state index in [9.17, 15) is 4.39 Å². The van der Waals surface area contributed by atoms with Crippen molar-refractivity contribution in [2.75, 3.05) is 6.54 Å². The van der Waals surface area contributed by atoms with Crippen molar-refractivity contribution < 1.29 is 8.81 Å². The van der Waals surface area contributed by atoms with E-state index in [1.165, 1.54) is 17.7 Å². The number of nitrogens with one attached hydrogen (secondary N) is 1. The monoisotopic (exact) mass is 437 g/mol. The summed E-state index contributed by atoms with van der Waals surface area (Å²) in [5.74, 6) is 3.01. The van der Waals surface area contributed by atoms with E-state index in [0.717, 1.165) is 37.2 Å². The minimum atomic E-state index is -0.195. The van der Waals surface area contributed by atoms with Gasteiger partial charge in [0.2, 0.25) is 5.89 Å². The molecule has 2 heterocycles. The van der Waals surface area contributed by atoms with E-state index < -0.39 is 0 Å². The van der Waals surface area contributed by atoms with E-state index >= 15 is 0 Å². The Bertz CT molecular complexity index is 1050. The number of benzene rings is 1. The van der Waals surface area contributed by atoms with Crippen molar-refractivity contribution in [3.63, 3.8) is 0 Å². The Morgan fingerprint density at radius 1 is 1.22 bits per heavy atom. The second-order valence-corrected chi connectivity index (χ2v) is 9.27. The van der Waals surface area contributed by atoms with Crippen LogP contribution in [0.15, 0.2) is 52.9 Å². The minimum Gasteiger partial charge on any atom is -0.419 e. The van der Waals surface area contributed by atoms with Crippen LogP contribution in [0.1, 0.15) is 38.6 Å². The lowest BCUT2D eigenvalue weighted by molar-refractivity contribution is 0.218. The third-order valence-electron chi connectivity index (χ3n) is 6.63. The molecule has 0 unspecified atom stereocenters. The Kier molecular flexibility index (Phi) is 6.84. The Labute approximate surface area is 189 Å². The molecule has 1 aliphatic carbocycles. The lowest BCUT2D eigenvalue weighted by atomic mass is 9.70. The van der Waals surface area contributed by atoms with Crippen molar-refractivity contribution in [3.8, 4) is 11.6 Å². The van der Waals surface area contributed by atoms with Gasteiger partial charge in [0.15, 0.2) is 0 Å². The van der Waals surface area contributed by atoms with Crippen LogP contribution in [0.5, 0.6) is 0 Å². The first-order valence-electron chi connectivity index (χ1n) is 11.3. The molecule has 0 amide bonds. The van der Waals surface area contributed by atoms with Crippen molar-refractivity contribution in [2.45, 2.75) is 40.2 Å². The smallest absolute Gasteiger partial charge is 0.265 e. The molecule has 0 saturated carbocycles. The summed E-state index contributed by atoms with van der Waals surface area (Å²) in [6.45, 7) is 8.48. The van der Waals surface area contributed by atoms with Gasteiger partial charge >= 0.3 is 0 Å². The third kappa shape index (κ3) is 5.15. The summed E-state index contributed by atoms with van der Waals surface area (Å²) in [5.41, 5.74) is 3.31. The average molecular weight is 438 g/mol. The molecule has 170 valence electrons. The minimum absolute atomic E-state index is 0.195. The van der Waals surface area contributed by atoms with Crippen molar-refractivity contribution in [1.29, 1.82) is 0 Å². The number of aryl methyl sites for hydroxylation is 1. The van der Waals surface area contributed by atoms with Crippen molar-refractivity contribution in [3.05, 3.63) is 65.7 Å². The Morgan fingerprint density at radius 2 is 2.00 bits per heavy atom. The second-order valence-electron chi connectivity index (χ2n) is 9.27. The predicted molar refractivity (Wildman–Crippen MR) is 122 cm³/mol. The molecule has 1 aliphatic rings. The molecule has 3 aromatic rings. The van der Waals surface area contributed by atoms with Crippen molar-refractivity contribution >= 4 is 0 Å². The molecule has 0 aliphatic heterocycles. The van der Waals surface area contributed by atoms with Crippen LogP contribution in [0.3, 0.4) is 0 Å². The molecule has 0 spiro atoms. The fourth-order valence-corrected chi connectivity index (χ4v) is 4.71. The summed E-state index contributed by atoms with van der Waals surface area (Å²) in [4.78, 5) is 4.12. The topological polar surface area (TPSA) is 68.8 Å². The molecule has 1 N–H and O–H groups in total. The van der Waals surface area contributed by atoms with Gasteiger partial charge in [-0.15, -0.1) is 10.2 Å². The molecule has 0 bridgehead atoms. The number of hydrogen-bond donors (Lipinski definition) is 1. The Morgan fingerprint density at radius 3 is 2.69 bits per heavy atom. The lowest BCUT2D eigenvalue weighted by Gasteiger charge is -2.37. The maximum atomic E-state index is 13.1. The Hall–Kier alpha value is -2.80. The maximum Gasteiger partial charge on any atom is 0.265 e. The first kappa shape index (κ1) is 22.4. The van der Waals surface area contributed by atoms with Gasteiger partial charge < -0.3 is 14.3 Å². The lowest BCUT2D eigenvalue weighted by Crippen LogP contribution is -2.34. The molecule has 7 heteroatoms. The van der Waals surface area contributed by atoms with Gasteiger partial charge in [-0.3, -0.25) is 0 Å². The molecule has 6 nitrogen and oxygen atoms in total. The number of imidazole rings is 1. The standard InChI is InChI=1S/C25H32FN5O/c1-16(2)22-10-19(11-24-29-30-25(32-24)23-14-28-15-31(23)4)17(3)9-20(22)13-27-12-18-5-7-21(26)8-6-18/h5-9,14-16,19-20,22,27H,10-13H2,1-4H3/t19-,20-,22-/m0/s1. The van der Waals surface area contributed by atoms with Gasteiger partial charge in [-0.05, 0) is 54.7 Å². The highest BCUT2D eigenvalue weighted by Gasteiger charge is 2.32. The summed E-state index contributed by atoms with van der Waals surface area (Å²) < 4.78 is 21.0. The molecule has 2 aromatic heterocycles. The highest BCUT2D eigenvalue weighted by molar-refractivity contribution is 5.44. The van der Waals surface area contributed by atoms with Crippen LogP contribution in [0.25, 0.3) is 11.6 Å². The first-order chi connectivity index (χ1) is 15.4. The van der Waals surface area contributed by atoms with Crippen LogP contribution < -0.4 is 5.32 Å². The summed E-state index contributed by atoms with van der Waals surface area (Å²) in [7, 11) is 1.91. The molecule has 0 saturated heterocycles. The van der Waals surface area contributed by atoms with Crippen LogP contribution in [0.2, 0.25) is 0 Å². The van der Waals surface area contributed by atoms with Gasteiger partial charge in [-0.1, -0.05) is 37.6 Å². The SMILES string of the molecule is CC1=C[C@@H](CNCc2ccc(F)cc2)[C@H](C(C)C)C[C@H]1Cc1nnc(-c2cncn2C)o1. The number of hydrogen-bond acceptors (Lipinski definition) is 5. The zero-order valence-corrected chi connectivity index (χ0v) is 19.3. The third-order valence-corrected chi connectivity index (χ3v) is 6.63. The van der Waals surface area contributed by atoms with Gasteiger partial charge in [0.1, 0.15) is 11.5 Å². The fraction of sp³-hybridized carbons (Fsp3) is 0.480. The van der Waals surface area contributed by atoms with Crippen LogP contribution in [0, 0.1) is 29.5 Å². The second kappa shape index (κ2) is 9.77. The molecule has 4 rings (SSSR count). The Balaban J connectivity index is 1.40. The van der Waals surface area contributed by atoms with E-state index in [-0.39, 0.29) is 5.82 Å². The van der Waals surface area contributed by atoms with E-state index in [1.54, 1.807) is 12.5 Å². The molecule has 0 fully saturated rings. The van der Waals surface area contributed by atoms with Gasteiger partial charge in [0, 0.05) is 26.6 Å². The first-order valence-corrected chi connectivity index (χ1v) is 11.3. The van der Waals surface area contributed by atoms with E-state index in [4.69, 9.17) is 4.42 Å². The summed E-state index contributed by atoms with van der Waals surface area (Å²) in [6, 6.07) is 6.70. The number of aromatic nitrogens is 4. The molecule has 0 radical (unpaired) electrons. The number of allylic oxidation sites excluding steroid dienone is 1. The van der Waals surface area contributed by atoms with Gasteiger partial charge in [-0.25, -0.2) is 9.37 Å². The van der Waals surface area contributed by atoms with Crippen LogP contribution >= 0.6 is 0 Å². The molecule has 1 aromatic carbocycles. The van der Waals surface area contributed by atoms with Crippen LogP contribution in [-0.2, 0) is 20.0 Å². The average Bonchev–Trinajstić information content (AvgIpc) is 3.39.